The lowest BCUT2D eigenvalue weighted by Gasteiger charge is -2.34. The van der Waals surface area contributed by atoms with Crippen molar-refractivity contribution in [2.75, 3.05) is 20.6 Å². The van der Waals surface area contributed by atoms with Gasteiger partial charge in [0.15, 0.2) is 0 Å². The van der Waals surface area contributed by atoms with E-state index in [0.29, 0.717) is 6.04 Å². The Bertz CT molecular complexity index is 563. The Morgan fingerprint density at radius 1 is 1.16 bits per heavy atom. The highest BCUT2D eigenvalue weighted by atomic mass is 15.2. The SMILES string of the molecule is C=C(C)C(=C)N(CCC(CCCC)[NH+](C)C)C1Cc2ccccc2C1. The zero-order valence-corrected chi connectivity index (χ0v) is 16.8. The van der Waals surface area contributed by atoms with Crippen LogP contribution in [0, 0.1) is 0 Å². The third kappa shape index (κ3) is 5.22. The van der Waals surface area contributed by atoms with Crippen LogP contribution in [-0.2, 0) is 12.8 Å². The van der Waals surface area contributed by atoms with Gasteiger partial charge in [-0.3, -0.25) is 0 Å². The Morgan fingerprint density at radius 3 is 2.24 bits per heavy atom. The van der Waals surface area contributed by atoms with Gasteiger partial charge in [-0.25, -0.2) is 0 Å². The molecule has 25 heavy (non-hydrogen) atoms. The highest BCUT2D eigenvalue weighted by Crippen LogP contribution is 2.29. The largest absolute Gasteiger partial charge is 0.368 e. The summed E-state index contributed by atoms with van der Waals surface area (Å²) in [7, 11) is 4.59. The number of benzene rings is 1. The Morgan fingerprint density at radius 2 is 1.76 bits per heavy atom. The molecule has 1 N–H and O–H groups in total. The fraction of sp³-hybridized carbons (Fsp3) is 0.565. The molecular formula is C23H37N2+. The summed E-state index contributed by atoms with van der Waals surface area (Å²) in [6.07, 6.45) is 7.42. The Kier molecular flexibility index (Phi) is 7.31. The molecule has 2 heteroatoms. The second-order valence-corrected chi connectivity index (χ2v) is 7.96. The van der Waals surface area contributed by atoms with Gasteiger partial charge in [0.25, 0.3) is 0 Å². The zero-order valence-electron chi connectivity index (χ0n) is 16.8. The van der Waals surface area contributed by atoms with E-state index in [9.17, 15) is 0 Å². The van der Waals surface area contributed by atoms with E-state index >= 15 is 0 Å². The van der Waals surface area contributed by atoms with E-state index in [1.165, 1.54) is 36.8 Å². The molecule has 0 aromatic heterocycles. The number of hydrogen-bond donors (Lipinski definition) is 1. The molecule has 1 aromatic carbocycles. The number of rotatable bonds is 10. The molecule has 1 aromatic rings. The van der Waals surface area contributed by atoms with Gasteiger partial charge in [0, 0.05) is 24.7 Å². The monoisotopic (exact) mass is 341 g/mol. The number of allylic oxidation sites excluding steroid dienone is 1. The van der Waals surface area contributed by atoms with Gasteiger partial charge in [0.05, 0.1) is 20.1 Å². The number of quaternary nitrogens is 1. The number of nitrogens with zero attached hydrogens (tertiary/aromatic N) is 1. The molecule has 0 aliphatic heterocycles. The Hall–Kier alpha value is -1.54. The molecule has 1 atom stereocenters. The van der Waals surface area contributed by atoms with Crippen LogP contribution in [0.1, 0.15) is 50.7 Å². The molecule has 1 aliphatic rings. The molecule has 0 radical (unpaired) electrons. The van der Waals surface area contributed by atoms with Gasteiger partial charge < -0.3 is 9.80 Å². The fourth-order valence-corrected chi connectivity index (χ4v) is 4.01. The van der Waals surface area contributed by atoms with Crippen molar-refractivity contribution in [3.05, 3.63) is 59.8 Å². The lowest BCUT2D eigenvalue weighted by atomic mass is 10.0. The lowest BCUT2D eigenvalue weighted by molar-refractivity contribution is -0.886. The molecule has 138 valence electrons. The van der Waals surface area contributed by atoms with Crippen molar-refractivity contribution in [3.63, 3.8) is 0 Å². The average molecular weight is 342 g/mol. The van der Waals surface area contributed by atoms with Crippen LogP contribution >= 0.6 is 0 Å². The van der Waals surface area contributed by atoms with Crippen molar-refractivity contribution >= 4 is 0 Å². The fourth-order valence-electron chi connectivity index (χ4n) is 4.01. The number of hydrogen-bond acceptors (Lipinski definition) is 1. The lowest BCUT2D eigenvalue weighted by Crippen LogP contribution is -3.10. The zero-order chi connectivity index (χ0) is 18.4. The Balaban J connectivity index is 2.07. The minimum Gasteiger partial charge on any atom is -0.368 e. The summed E-state index contributed by atoms with van der Waals surface area (Å²) in [4.78, 5) is 4.12. The first-order valence-corrected chi connectivity index (χ1v) is 9.92. The van der Waals surface area contributed by atoms with Gasteiger partial charge in [-0.2, -0.15) is 0 Å². The van der Waals surface area contributed by atoms with E-state index in [0.717, 1.165) is 36.7 Å². The van der Waals surface area contributed by atoms with E-state index in [4.69, 9.17) is 0 Å². The normalized spacial score (nSPS) is 15.2. The van der Waals surface area contributed by atoms with Gasteiger partial charge >= 0.3 is 0 Å². The molecule has 0 bridgehead atoms. The molecule has 2 rings (SSSR count). The molecule has 0 heterocycles. The standard InChI is InChI=1S/C23H36N2/c1-7-8-13-22(24(5)6)14-15-25(19(4)18(2)3)23-16-20-11-9-10-12-21(20)17-23/h9-12,22-23H,2,4,7-8,13-17H2,1,3,5-6H3/p+1. The van der Waals surface area contributed by atoms with Crippen molar-refractivity contribution in [1.82, 2.24) is 4.90 Å². The quantitative estimate of drug-likeness (QED) is 0.639. The molecule has 0 fully saturated rings. The minimum absolute atomic E-state index is 0.533. The van der Waals surface area contributed by atoms with E-state index in [1.807, 2.05) is 0 Å². The molecular weight excluding hydrogens is 304 g/mol. The first-order valence-electron chi connectivity index (χ1n) is 9.92. The van der Waals surface area contributed by atoms with Gasteiger partial charge in [-0.1, -0.05) is 50.8 Å². The topological polar surface area (TPSA) is 7.68 Å². The van der Waals surface area contributed by atoms with Crippen molar-refractivity contribution in [3.8, 4) is 0 Å². The highest BCUT2D eigenvalue weighted by Gasteiger charge is 2.28. The predicted molar refractivity (Wildman–Crippen MR) is 109 cm³/mol. The van der Waals surface area contributed by atoms with Crippen LogP contribution in [0.4, 0.5) is 0 Å². The summed E-state index contributed by atoms with van der Waals surface area (Å²) in [5, 5.41) is 0. The van der Waals surface area contributed by atoms with Crippen molar-refractivity contribution in [1.29, 1.82) is 0 Å². The van der Waals surface area contributed by atoms with E-state index in [2.05, 4.69) is 70.3 Å². The maximum Gasteiger partial charge on any atom is 0.0887 e. The number of fused-ring (bicyclic) bond motifs is 1. The van der Waals surface area contributed by atoms with Crippen LogP contribution in [0.5, 0.6) is 0 Å². The molecule has 0 saturated carbocycles. The van der Waals surface area contributed by atoms with Crippen molar-refractivity contribution in [2.24, 2.45) is 0 Å². The minimum atomic E-state index is 0.533. The van der Waals surface area contributed by atoms with E-state index in [-0.39, 0.29) is 0 Å². The van der Waals surface area contributed by atoms with Crippen molar-refractivity contribution < 1.29 is 4.90 Å². The molecule has 1 unspecified atom stereocenters. The van der Waals surface area contributed by atoms with Crippen LogP contribution in [0.25, 0.3) is 0 Å². The van der Waals surface area contributed by atoms with Gasteiger partial charge in [-0.15, -0.1) is 0 Å². The molecule has 0 spiro atoms. The molecule has 0 amide bonds. The maximum absolute atomic E-state index is 4.37. The molecule has 2 nitrogen and oxygen atoms in total. The van der Waals surface area contributed by atoms with Crippen LogP contribution in [0.2, 0.25) is 0 Å². The third-order valence-corrected chi connectivity index (χ3v) is 5.75. The second-order valence-electron chi connectivity index (χ2n) is 7.96. The number of nitrogens with one attached hydrogen (secondary N) is 1. The van der Waals surface area contributed by atoms with Crippen LogP contribution in [0.15, 0.2) is 48.7 Å². The summed E-state index contributed by atoms with van der Waals surface area (Å²) in [5.74, 6) is 0. The molecule has 0 saturated heterocycles. The third-order valence-electron chi connectivity index (χ3n) is 5.75. The summed E-state index contributed by atoms with van der Waals surface area (Å²) in [6, 6.07) is 10.1. The van der Waals surface area contributed by atoms with Gasteiger partial charge in [-0.05, 0) is 49.3 Å². The predicted octanol–water partition coefficient (Wildman–Crippen LogP) is 3.64. The summed E-state index contributed by atoms with van der Waals surface area (Å²) >= 11 is 0. The van der Waals surface area contributed by atoms with E-state index < -0.39 is 0 Å². The van der Waals surface area contributed by atoms with E-state index in [1.54, 1.807) is 4.90 Å². The van der Waals surface area contributed by atoms with Crippen LogP contribution < -0.4 is 4.90 Å². The van der Waals surface area contributed by atoms with Crippen LogP contribution in [-0.4, -0.2) is 37.6 Å². The summed E-state index contributed by atoms with van der Waals surface area (Å²) in [6.45, 7) is 14.0. The smallest absolute Gasteiger partial charge is 0.0887 e. The maximum atomic E-state index is 4.37. The molecule has 1 aliphatic carbocycles. The second kappa shape index (κ2) is 9.24. The van der Waals surface area contributed by atoms with Crippen molar-refractivity contribution in [2.45, 2.75) is 64.5 Å². The first-order chi connectivity index (χ1) is 11.9. The van der Waals surface area contributed by atoms with Crippen LogP contribution in [0.3, 0.4) is 0 Å². The average Bonchev–Trinajstić information content (AvgIpc) is 3.00. The number of unbranched alkanes of at least 4 members (excludes halogenated alkanes) is 1. The van der Waals surface area contributed by atoms with Gasteiger partial charge in [0.1, 0.15) is 0 Å². The Labute approximate surface area is 155 Å². The summed E-state index contributed by atoms with van der Waals surface area (Å²) < 4.78 is 0. The summed E-state index contributed by atoms with van der Waals surface area (Å²) in [5.41, 5.74) is 5.24. The van der Waals surface area contributed by atoms with Gasteiger partial charge in [0.2, 0.25) is 0 Å². The first kappa shape index (κ1) is 19.8. The highest BCUT2D eigenvalue weighted by molar-refractivity contribution is 5.35.